The van der Waals surface area contributed by atoms with Crippen molar-refractivity contribution in [1.29, 1.82) is 5.26 Å². The van der Waals surface area contributed by atoms with Crippen molar-refractivity contribution in [2.75, 3.05) is 12.9 Å². The Morgan fingerprint density at radius 1 is 1.08 bits per heavy atom. The zero-order chi connectivity index (χ0) is 28.4. The van der Waals surface area contributed by atoms with E-state index in [2.05, 4.69) is 10.3 Å². The maximum absolute atomic E-state index is 13.9. The van der Waals surface area contributed by atoms with Gasteiger partial charge in [-0.05, 0) is 53.6 Å². The van der Waals surface area contributed by atoms with E-state index in [1.165, 1.54) is 49.6 Å². The second kappa shape index (κ2) is 10.8. The van der Waals surface area contributed by atoms with E-state index in [4.69, 9.17) is 4.74 Å². The van der Waals surface area contributed by atoms with Crippen LogP contribution in [0.2, 0.25) is 0 Å². The minimum Gasteiger partial charge on any atom is -0.495 e. The highest BCUT2D eigenvalue weighted by molar-refractivity contribution is 7.91. The normalized spacial score (nSPS) is 11.8. The Balaban J connectivity index is 1.59. The number of rotatable bonds is 8. The fraction of sp³-hybridized carbons (Fsp3) is 0.222. The fourth-order valence-electron chi connectivity index (χ4n) is 4.04. The molecule has 1 N–H and O–H groups in total. The van der Waals surface area contributed by atoms with Gasteiger partial charge in [-0.2, -0.15) is 18.4 Å². The number of aromatic nitrogens is 2. The van der Waals surface area contributed by atoms with Gasteiger partial charge in [0.05, 0.1) is 34.4 Å². The number of hydrogen-bond donors (Lipinski definition) is 1. The van der Waals surface area contributed by atoms with Crippen molar-refractivity contribution in [3.05, 3.63) is 88.7 Å². The van der Waals surface area contributed by atoms with E-state index in [1.54, 1.807) is 25.1 Å². The molecule has 202 valence electrons. The van der Waals surface area contributed by atoms with Crippen molar-refractivity contribution in [3.8, 4) is 11.8 Å². The molecule has 39 heavy (non-hydrogen) atoms. The fourth-order valence-corrected chi connectivity index (χ4v) is 4.92. The molecule has 0 spiro atoms. The highest BCUT2D eigenvalue weighted by Gasteiger charge is 2.37. The predicted octanol–water partition coefficient (Wildman–Crippen LogP) is 4.71. The summed E-state index contributed by atoms with van der Waals surface area (Å²) in [7, 11) is -1.95. The predicted molar refractivity (Wildman–Crippen MR) is 137 cm³/mol. The number of methoxy groups -OCH3 is 1. The molecule has 4 aromatic rings. The first kappa shape index (κ1) is 27.7. The van der Waals surface area contributed by atoms with Crippen molar-refractivity contribution in [2.45, 2.75) is 31.1 Å². The molecule has 0 unspecified atom stereocenters. The van der Waals surface area contributed by atoms with Crippen LogP contribution < -0.4 is 10.1 Å². The number of amides is 1. The molecule has 0 aliphatic rings. The zero-order valence-electron chi connectivity index (χ0n) is 20.9. The highest BCUT2D eigenvalue weighted by Crippen LogP contribution is 2.33. The Bertz CT molecular complexity index is 1690. The van der Waals surface area contributed by atoms with Crippen molar-refractivity contribution < 1.29 is 31.1 Å². The van der Waals surface area contributed by atoms with Gasteiger partial charge in [-0.3, -0.25) is 4.79 Å². The van der Waals surface area contributed by atoms with Gasteiger partial charge in [0, 0.05) is 18.7 Å². The van der Waals surface area contributed by atoms with E-state index in [-0.39, 0.29) is 45.9 Å². The number of sulfone groups is 1. The molecular formula is C27H23F3N4O4S. The number of nitrogens with one attached hydrogen (secondary N) is 1. The molecule has 4 rings (SSSR count). The van der Waals surface area contributed by atoms with Gasteiger partial charge in [-0.1, -0.05) is 25.1 Å². The summed E-state index contributed by atoms with van der Waals surface area (Å²) in [5, 5.41) is 12.0. The summed E-state index contributed by atoms with van der Waals surface area (Å²) >= 11 is 0. The van der Waals surface area contributed by atoms with Crippen LogP contribution in [0, 0.1) is 11.3 Å². The van der Waals surface area contributed by atoms with E-state index in [0.29, 0.717) is 16.9 Å². The van der Waals surface area contributed by atoms with Crippen LogP contribution in [-0.4, -0.2) is 36.7 Å². The summed E-state index contributed by atoms with van der Waals surface area (Å²) in [6, 6.07) is 16.7. The number of carbonyl (C=O) groups excluding carboxylic acids is 1. The molecule has 12 heteroatoms. The Hall–Kier alpha value is -4.37. The van der Waals surface area contributed by atoms with Gasteiger partial charge in [0.2, 0.25) is 5.82 Å². The number of benzene rings is 3. The van der Waals surface area contributed by atoms with E-state index in [0.717, 1.165) is 4.57 Å². The molecule has 0 aliphatic heterocycles. The van der Waals surface area contributed by atoms with Gasteiger partial charge in [0.1, 0.15) is 11.8 Å². The first-order chi connectivity index (χ1) is 18.5. The number of alkyl halides is 3. The number of nitriles is 1. The van der Waals surface area contributed by atoms with Crippen molar-refractivity contribution in [3.63, 3.8) is 0 Å². The molecule has 0 aliphatic carbocycles. The smallest absolute Gasteiger partial charge is 0.449 e. The lowest BCUT2D eigenvalue weighted by atomic mass is 10.1. The standard InChI is InChI=1S/C27H23F3N4O4S/c1-3-39(36,37)21-8-4-17(5-9-21)15-32-25(35)19-7-10-23-22(13-19)33-26(27(28,29)30)34(23)16-18-6-11-24(38-2)20(12-18)14-31/h4-13H,3,15-16H2,1-2H3,(H,32,35). The lowest BCUT2D eigenvalue weighted by Crippen LogP contribution is -2.22. The SMILES string of the molecule is CCS(=O)(=O)c1ccc(CNC(=O)c2ccc3c(c2)nc(C(F)(F)F)n3Cc2ccc(OC)c(C#N)c2)cc1. The molecule has 1 aromatic heterocycles. The van der Waals surface area contributed by atoms with Crippen LogP contribution in [0.1, 0.15) is 39.8 Å². The van der Waals surface area contributed by atoms with Crippen LogP contribution in [-0.2, 0) is 29.1 Å². The van der Waals surface area contributed by atoms with E-state index >= 15 is 0 Å². The number of nitrogens with zero attached hydrogens (tertiary/aromatic N) is 3. The molecule has 8 nitrogen and oxygen atoms in total. The molecule has 0 radical (unpaired) electrons. The van der Waals surface area contributed by atoms with Gasteiger partial charge in [0.25, 0.3) is 5.91 Å². The summed E-state index contributed by atoms with van der Waals surface area (Å²) in [4.78, 5) is 16.7. The summed E-state index contributed by atoms with van der Waals surface area (Å²) in [6.07, 6.45) is -4.76. The van der Waals surface area contributed by atoms with E-state index < -0.39 is 27.7 Å². The van der Waals surface area contributed by atoms with Crippen LogP contribution in [0.25, 0.3) is 11.0 Å². The van der Waals surface area contributed by atoms with Crippen LogP contribution in [0.15, 0.2) is 65.6 Å². The summed E-state index contributed by atoms with van der Waals surface area (Å²) < 4.78 is 71.6. The first-order valence-corrected chi connectivity index (χ1v) is 13.4. The van der Waals surface area contributed by atoms with E-state index in [1.807, 2.05) is 6.07 Å². The van der Waals surface area contributed by atoms with Crippen molar-refractivity contribution in [2.24, 2.45) is 0 Å². The number of carbonyl (C=O) groups is 1. The van der Waals surface area contributed by atoms with Gasteiger partial charge >= 0.3 is 6.18 Å². The Labute approximate surface area is 222 Å². The number of fused-ring (bicyclic) bond motifs is 1. The number of ether oxygens (including phenoxy) is 1. The van der Waals surface area contributed by atoms with Crippen LogP contribution >= 0.6 is 0 Å². The van der Waals surface area contributed by atoms with Gasteiger partial charge < -0.3 is 14.6 Å². The third-order valence-electron chi connectivity index (χ3n) is 6.10. The third kappa shape index (κ3) is 5.88. The largest absolute Gasteiger partial charge is 0.495 e. The molecule has 3 aromatic carbocycles. The monoisotopic (exact) mass is 556 g/mol. The molecule has 0 fully saturated rings. The lowest BCUT2D eigenvalue weighted by molar-refractivity contribution is -0.146. The molecule has 1 amide bonds. The average molecular weight is 557 g/mol. The second-order valence-electron chi connectivity index (χ2n) is 8.60. The first-order valence-electron chi connectivity index (χ1n) is 11.7. The molecule has 0 bridgehead atoms. The molecular weight excluding hydrogens is 533 g/mol. The quantitative estimate of drug-likeness (QED) is 0.336. The van der Waals surface area contributed by atoms with Crippen LogP contribution in [0.5, 0.6) is 5.75 Å². The Morgan fingerprint density at radius 3 is 2.38 bits per heavy atom. The molecule has 0 saturated carbocycles. The Morgan fingerprint density at radius 2 is 1.77 bits per heavy atom. The Kier molecular flexibility index (Phi) is 7.65. The van der Waals surface area contributed by atoms with Gasteiger partial charge in [-0.25, -0.2) is 13.4 Å². The minimum absolute atomic E-state index is 0.0156. The van der Waals surface area contributed by atoms with E-state index in [9.17, 15) is 31.6 Å². The topological polar surface area (TPSA) is 114 Å². The maximum Gasteiger partial charge on any atom is 0.449 e. The van der Waals surface area contributed by atoms with Gasteiger partial charge in [-0.15, -0.1) is 0 Å². The number of halogens is 3. The third-order valence-corrected chi connectivity index (χ3v) is 7.86. The molecule has 1 heterocycles. The van der Waals surface area contributed by atoms with Crippen LogP contribution in [0.3, 0.4) is 0 Å². The highest BCUT2D eigenvalue weighted by atomic mass is 32.2. The average Bonchev–Trinajstić information content (AvgIpc) is 3.30. The summed E-state index contributed by atoms with van der Waals surface area (Å²) in [5.74, 6) is -1.38. The van der Waals surface area contributed by atoms with Crippen molar-refractivity contribution in [1.82, 2.24) is 14.9 Å². The van der Waals surface area contributed by atoms with Crippen LogP contribution in [0.4, 0.5) is 13.2 Å². The lowest BCUT2D eigenvalue weighted by Gasteiger charge is -2.12. The second-order valence-corrected chi connectivity index (χ2v) is 10.9. The number of imidazole rings is 1. The number of hydrogen-bond acceptors (Lipinski definition) is 6. The summed E-state index contributed by atoms with van der Waals surface area (Å²) in [6.45, 7) is 1.42. The molecule has 0 saturated heterocycles. The maximum atomic E-state index is 13.9. The van der Waals surface area contributed by atoms with Crippen molar-refractivity contribution >= 4 is 26.8 Å². The summed E-state index contributed by atoms with van der Waals surface area (Å²) in [5.41, 5.74) is 1.55. The minimum atomic E-state index is -4.76. The zero-order valence-corrected chi connectivity index (χ0v) is 21.7. The molecule has 0 atom stereocenters. The van der Waals surface area contributed by atoms with Gasteiger partial charge in [0.15, 0.2) is 9.84 Å².